The van der Waals surface area contributed by atoms with Crippen molar-refractivity contribution in [1.82, 2.24) is 10.2 Å². The van der Waals surface area contributed by atoms with Gasteiger partial charge in [0.05, 0.1) is 4.47 Å². The molecular weight excluding hydrogens is 384 g/mol. The average Bonchev–Trinajstić information content (AvgIpc) is 3.27. The third kappa shape index (κ3) is 3.21. The van der Waals surface area contributed by atoms with Crippen molar-refractivity contribution in [2.24, 2.45) is 5.92 Å². The van der Waals surface area contributed by atoms with Gasteiger partial charge < -0.3 is 10.4 Å². The molecule has 110 valence electrons. The second-order valence-corrected chi connectivity index (χ2v) is 7.48. The number of hydrogen-bond acceptors (Lipinski definition) is 3. The number of phenolic OH excluding ortho intramolecular Hbond substituents is 1. The summed E-state index contributed by atoms with van der Waals surface area (Å²) in [7, 11) is 0. The largest absolute Gasteiger partial charge is 0.506 e. The molecule has 3 nitrogen and oxygen atoms in total. The molecule has 0 spiro atoms. The van der Waals surface area contributed by atoms with Gasteiger partial charge in [0.25, 0.3) is 0 Å². The van der Waals surface area contributed by atoms with E-state index >= 15 is 0 Å². The molecule has 1 heterocycles. The summed E-state index contributed by atoms with van der Waals surface area (Å²) in [5, 5.41) is 13.9. The molecule has 0 amide bonds. The number of halogens is 2. The molecule has 1 aliphatic carbocycles. The molecule has 2 aliphatic rings. The maximum absolute atomic E-state index is 10.5. The van der Waals surface area contributed by atoms with Gasteiger partial charge in [-0.3, -0.25) is 4.90 Å². The van der Waals surface area contributed by atoms with Gasteiger partial charge >= 0.3 is 0 Å². The van der Waals surface area contributed by atoms with Crippen molar-refractivity contribution in [2.45, 2.75) is 25.3 Å². The lowest BCUT2D eigenvalue weighted by molar-refractivity contribution is 0.157. The molecule has 1 aromatic rings. The lowest BCUT2D eigenvalue weighted by atomic mass is 9.97. The van der Waals surface area contributed by atoms with Gasteiger partial charge in [0.1, 0.15) is 5.75 Å². The molecule has 1 atom stereocenters. The average molecular weight is 404 g/mol. The standard InChI is InChI=1S/C15H20Br2N2O/c16-11-3-4-12(17)15(20)14(11)13(9-10-1-2-10)19-7-5-18-6-8-19/h3-4,10,13,18,20H,1-2,5-9H2/t13-/m1/s1. The van der Waals surface area contributed by atoms with E-state index in [0.717, 1.165) is 53.0 Å². The minimum absolute atomic E-state index is 0.316. The summed E-state index contributed by atoms with van der Waals surface area (Å²) in [5.41, 5.74) is 1.05. The maximum Gasteiger partial charge on any atom is 0.135 e. The Hall–Kier alpha value is -0.100. The first-order chi connectivity index (χ1) is 9.66. The lowest BCUT2D eigenvalue weighted by Gasteiger charge is -2.36. The van der Waals surface area contributed by atoms with E-state index in [4.69, 9.17) is 0 Å². The van der Waals surface area contributed by atoms with Gasteiger partial charge in [0.15, 0.2) is 0 Å². The Morgan fingerprint density at radius 1 is 1.20 bits per heavy atom. The van der Waals surface area contributed by atoms with Crippen LogP contribution in [0.4, 0.5) is 0 Å². The van der Waals surface area contributed by atoms with Crippen LogP contribution >= 0.6 is 31.9 Å². The normalized spacial score (nSPS) is 21.9. The van der Waals surface area contributed by atoms with Crippen LogP contribution in [-0.2, 0) is 0 Å². The SMILES string of the molecule is Oc1c(Br)ccc(Br)c1[C@@H](CC1CC1)N1CCNCC1. The van der Waals surface area contributed by atoms with Crippen molar-refractivity contribution >= 4 is 31.9 Å². The van der Waals surface area contributed by atoms with Crippen LogP contribution in [0.2, 0.25) is 0 Å². The van der Waals surface area contributed by atoms with Crippen molar-refractivity contribution in [3.05, 3.63) is 26.6 Å². The van der Waals surface area contributed by atoms with Crippen molar-refractivity contribution in [3.8, 4) is 5.75 Å². The molecule has 5 heteroatoms. The van der Waals surface area contributed by atoms with E-state index < -0.39 is 0 Å². The number of rotatable bonds is 4. The zero-order valence-corrected chi connectivity index (χ0v) is 14.6. The lowest BCUT2D eigenvalue weighted by Crippen LogP contribution is -2.45. The summed E-state index contributed by atoms with van der Waals surface area (Å²) in [5.74, 6) is 1.23. The Balaban J connectivity index is 1.93. The van der Waals surface area contributed by atoms with Crippen molar-refractivity contribution < 1.29 is 5.11 Å². The molecule has 20 heavy (non-hydrogen) atoms. The van der Waals surface area contributed by atoms with E-state index in [-0.39, 0.29) is 0 Å². The summed E-state index contributed by atoms with van der Waals surface area (Å²) in [6.07, 6.45) is 3.84. The van der Waals surface area contributed by atoms with Crippen LogP contribution < -0.4 is 5.32 Å². The Labute approximate surface area is 137 Å². The second kappa shape index (κ2) is 6.34. The molecule has 1 aliphatic heterocycles. The van der Waals surface area contributed by atoms with E-state index in [9.17, 15) is 5.11 Å². The smallest absolute Gasteiger partial charge is 0.135 e. The van der Waals surface area contributed by atoms with Crippen LogP contribution in [0.25, 0.3) is 0 Å². The fraction of sp³-hybridized carbons (Fsp3) is 0.600. The van der Waals surface area contributed by atoms with Crippen LogP contribution in [0.1, 0.15) is 30.9 Å². The summed E-state index contributed by atoms with van der Waals surface area (Å²) >= 11 is 7.09. The first-order valence-corrected chi connectivity index (χ1v) is 8.87. The first kappa shape index (κ1) is 14.8. The number of nitrogens with zero attached hydrogens (tertiary/aromatic N) is 1. The fourth-order valence-corrected chi connectivity index (χ4v) is 3.92. The molecule has 0 aromatic heterocycles. The van der Waals surface area contributed by atoms with E-state index in [1.807, 2.05) is 12.1 Å². The Kier molecular flexibility index (Phi) is 4.70. The predicted molar refractivity (Wildman–Crippen MR) is 88.0 cm³/mol. The third-order valence-corrected chi connectivity index (χ3v) is 5.63. The van der Waals surface area contributed by atoms with Gasteiger partial charge in [-0.2, -0.15) is 0 Å². The summed E-state index contributed by atoms with van der Waals surface area (Å²) in [6.45, 7) is 4.17. The highest BCUT2D eigenvalue weighted by molar-refractivity contribution is 9.11. The molecule has 2 fully saturated rings. The molecule has 3 rings (SSSR count). The highest BCUT2D eigenvalue weighted by atomic mass is 79.9. The van der Waals surface area contributed by atoms with Crippen LogP contribution in [0.5, 0.6) is 5.75 Å². The minimum Gasteiger partial charge on any atom is -0.506 e. The van der Waals surface area contributed by atoms with Crippen molar-refractivity contribution in [3.63, 3.8) is 0 Å². The quantitative estimate of drug-likeness (QED) is 0.805. The number of nitrogens with one attached hydrogen (secondary N) is 1. The van der Waals surface area contributed by atoms with E-state index in [0.29, 0.717) is 11.8 Å². The van der Waals surface area contributed by atoms with Crippen molar-refractivity contribution in [1.29, 1.82) is 0 Å². The molecule has 0 unspecified atom stereocenters. The van der Waals surface area contributed by atoms with Crippen LogP contribution in [0.3, 0.4) is 0 Å². The summed E-state index contributed by atoms with van der Waals surface area (Å²) in [6, 6.07) is 4.24. The van der Waals surface area contributed by atoms with Crippen LogP contribution in [0.15, 0.2) is 21.1 Å². The third-order valence-electron chi connectivity index (χ3n) is 4.29. The van der Waals surface area contributed by atoms with Gasteiger partial charge in [0.2, 0.25) is 0 Å². The molecule has 1 saturated heterocycles. The molecule has 2 N–H and O–H groups in total. The fourth-order valence-electron chi connectivity index (χ4n) is 2.99. The second-order valence-electron chi connectivity index (χ2n) is 5.77. The van der Waals surface area contributed by atoms with Gasteiger partial charge in [-0.25, -0.2) is 0 Å². The van der Waals surface area contributed by atoms with Gasteiger partial charge in [-0.15, -0.1) is 0 Å². The molecule has 1 aromatic carbocycles. The van der Waals surface area contributed by atoms with E-state index in [1.165, 1.54) is 12.8 Å². The van der Waals surface area contributed by atoms with Gasteiger partial charge in [-0.1, -0.05) is 28.8 Å². The zero-order chi connectivity index (χ0) is 14.1. The van der Waals surface area contributed by atoms with Crippen LogP contribution in [-0.4, -0.2) is 36.2 Å². The molecular formula is C15H20Br2N2O. The topological polar surface area (TPSA) is 35.5 Å². The van der Waals surface area contributed by atoms with E-state index in [1.54, 1.807) is 0 Å². The number of piperazine rings is 1. The first-order valence-electron chi connectivity index (χ1n) is 7.28. The van der Waals surface area contributed by atoms with Gasteiger partial charge in [0, 0.05) is 42.3 Å². The molecule has 0 bridgehead atoms. The predicted octanol–water partition coefficient (Wildman–Crippen LogP) is 3.66. The highest BCUT2D eigenvalue weighted by Gasteiger charge is 2.33. The number of phenols is 1. The van der Waals surface area contributed by atoms with Crippen LogP contribution in [0, 0.1) is 5.92 Å². The van der Waals surface area contributed by atoms with Crippen molar-refractivity contribution in [2.75, 3.05) is 26.2 Å². The minimum atomic E-state index is 0.316. The monoisotopic (exact) mass is 402 g/mol. The maximum atomic E-state index is 10.5. The van der Waals surface area contributed by atoms with E-state index in [2.05, 4.69) is 42.1 Å². The summed E-state index contributed by atoms with van der Waals surface area (Å²) in [4.78, 5) is 2.51. The summed E-state index contributed by atoms with van der Waals surface area (Å²) < 4.78 is 1.80. The Bertz CT molecular complexity index is 485. The Morgan fingerprint density at radius 3 is 2.50 bits per heavy atom. The number of aromatic hydroxyl groups is 1. The number of benzene rings is 1. The zero-order valence-electron chi connectivity index (χ0n) is 11.4. The van der Waals surface area contributed by atoms with Gasteiger partial charge in [-0.05, 0) is 40.4 Å². The highest BCUT2D eigenvalue weighted by Crippen LogP contribution is 2.46. The molecule has 1 saturated carbocycles. The number of hydrogen-bond donors (Lipinski definition) is 2. The Morgan fingerprint density at radius 2 is 1.85 bits per heavy atom. The molecule has 0 radical (unpaired) electrons.